The second kappa shape index (κ2) is 14.2. The molecule has 170 valence electrons. The van der Waals surface area contributed by atoms with Crippen LogP contribution >= 0.6 is 11.6 Å². The lowest BCUT2D eigenvalue weighted by atomic mass is 10.00. The van der Waals surface area contributed by atoms with Crippen LogP contribution in [0.2, 0.25) is 0 Å². The summed E-state index contributed by atoms with van der Waals surface area (Å²) in [4.78, 5) is 20.1. The predicted molar refractivity (Wildman–Crippen MR) is 129 cm³/mol. The van der Waals surface area contributed by atoms with Crippen LogP contribution in [-0.2, 0) is 17.6 Å². The molecule has 0 saturated heterocycles. The van der Waals surface area contributed by atoms with Crippen LogP contribution in [0.25, 0.3) is 11.4 Å². The Kier molecular flexibility index (Phi) is 11.6. The van der Waals surface area contributed by atoms with Crippen molar-refractivity contribution in [1.29, 1.82) is 0 Å². The number of aliphatic carboxylic acids is 1. The minimum absolute atomic E-state index is 0.367. The van der Waals surface area contributed by atoms with Gasteiger partial charge in [-0.15, -0.1) is 11.6 Å². The zero-order chi connectivity index (χ0) is 22.5. The quantitative estimate of drug-likeness (QED) is 0.235. The maximum atomic E-state index is 11.0. The van der Waals surface area contributed by atoms with Gasteiger partial charge in [0.05, 0.1) is 5.92 Å². The number of unbranched alkanes of at least 4 members (excludes halogenated alkanes) is 7. The Morgan fingerprint density at radius 2 is 1.48 bits per heavy atom. The van der Waals surface area contributed by atoms with Gasteiger partial charge in [0.15, 0.2) is 5.82 Å². The molecule has 31 heavy (non-hydrogen) atoms. The molecule has 0 saturated carbocycles. The lowest BCUT2D eigenvalue weighted by Gasteiger charge is -2.13. The highest BCUT2D eigenvalue weighted by molar-refractivity contribution is 6.21. The Morgan fingerprint density at radius 1 is 0.903 bits per heavy atom. The van der Waals surface area contributed by atoms with E-state index in [1.807, 2.05) is 36.7 Å². The molecule has 0 aliphatic heterocycles. The first-order valence-corrected chi connectivity index (χ1v) is 12.2. The van der Waals surface area contributed by atoms with E-state index in [2.05, 4.69) is 16.9 Å². The van der Waals surface area contributed by atoms with Crippen LogP contribution in [0.5, 0.6) is 0 Å². The van der Waals surface area contributed by atoms with E-state index in [9.17, 15) is 4.79 Å². The first-order valence-electron chi connectivity index (χ1n) is 11.8. The standard InChI is InChI=1S/C26H37ClN2O2/c1-3-4-5-6-7-8-9-10-11-22-18-28-25(29-19-22)23-15-12-21(13-16-23)14-17-24(27)20(2)26(30)31/h12-13,15-16,18-20,24H,3-11,14,17H2,1-2H3,(H,30,31). The van der Waals surface area contributed by atoms with Gasteiger partial charge in [-0.05, 0) is 36.8 Å². The van der Waals surface area contributed by atoms with Crippen molar-refractivity contribution in [3.05, 3.63) is 47.8 Å². The molecule has 1 aromatic carbocycles. The highest BCUT2D eigenvalue weighted by atomic mass is 35.5. The van der Waals surface area contributed by atoms with Gasteiger partial charge >= 0.3 is 5.97 Å². The van der Waals surface area contributed by atoms with E-state index in [1.54, 1.807) is 6.92 Å². The van der Waals surface area contributed by atoms with E-state index in [-0.39, 0.29) is 5.38 Å². The smallest absolute Gasteiger partial charge is 0.307 e. The number of nitrogens with zero attached hydrogens (tertiary/aromatic N) is 2. The number of aryl methyl sites for hydroxylation is 2. The number of carbonyl (C=O) groups is 1. The van der Waals surface area contributed by atoms with E-state index >= 15 is 0 Å². The SMILES string of the molecule is CCCCCCCCCCc1cnc(-c2ccc(CCC(Cl)C(C)C(=O)O)cc2)nc1. The second-order valence-corrected chi connectivity index (χ2v) is 9.08. The van der Waals surface area contributed by atoms with Gasteiger partial charge in [0.1, 0.15) is 0 Å². The number of rotatable bonds is 15. The van der Waals surface area contributed by atoms with Gasteiger partial charge < -0.3 is 5.11 Å². The van der Waals surface area contributed by atoms with Crippen molar-refractivity contribution in [3.8, 4) is 11.4 Å². The molecule has 1 N–H and O–H groups in total. The Bertz CT molecular complexity index is 762. The molecule has 1 aromatic heterocycles. The molecule has 2 aromatic rings. The fourth-order valence-corrected chi connectivity index (χ4v) is 3.84. The molecule has 5 heteroatoms. The molecule has 0 bridgehead atoms. The summed E-state index contributed by atoms with van der Waals surface area (Å²) in [6.07, 6.45) is 16.9. The fraction of sp³-hybridized carbons (Fsp3) is 0.577. The first-order chi connectivity index (χ1) is 15.0. The van der Waals surface area contributed by atoms with E-state index in [0.717, 1.165) is 29.8 Å². The zero-order valence-electron chi connectivity index (χ0n) is 19.0. The highest BCUT2D eigenvalue weighted by Gasteiger charge is 2.20. The second-order valence-electron chi connectivity index (χ2n) is 8.52. The number of carboxylic acids is 1. The summed E-state index contributed by atoms with van der Waals surface area (Å²) < 4.78 is 0. The molecular formula is C26H37ClN2O2. The summed E-state index contributed by atoms with van der Waals surface area (Å²) in [6, 6.07) is 8.13. The molecule has 4 nitrogen and oxygen atoms in total. The molecule has 0 amide bonds. The average molecular weight is 445 g/mol. The summed E-state index contributed by atoms with van der Waals surface area (Å²) in [6.45, 7) is 3.91. The average Bonchev–Trinajstić information content (AvgIpc) is 2.79. The third-order valence-corrected chi connectivity index (χ3v) is 6.47. The molecule has 2 rings (SSSR count). The van der Waals surface area contributed by atoms with Gasteiger partial charge in [0, 0.05) is 23.3 Å². The molecule has 2 unspecified atom stereocenters. The first kappa shape index (κ1) is 25.3. The molecule has 0 aliphatic carbocycles. The Labute approximate surface area is 192 Å². The van der Waals surface area contributed by atoms with Crippen molar-refractivity contribution in [2.45, 2.75) is 89.9 Å². The van der Waals surface area contributed by atoms with Gasteiger partial charge in [-0.25, -0.2) is 9.97 Å². The van der Waals surface area contributed by atoms with E-state index < -0.39 is 11.9 Å². The monoisotopic (exact) mass is 444 g/mol. The third kappa shape index (κ3) is 9.39. The maximum absolute atomic E-state index is 11.0. The van der Waals surface area contributed by atoms with Crippen molar-refractivity contribution in [2.24, 2.45) is 5.92 Å². The fourth-order valence-electron chi connectivity index (χ4n) is 3.63. The number of hydrogen-bond donors (Lipinski definition) is 1. The number of hydrogen-bond acceptors (Lipinski definition) is 3. The summed E-state index contributed by atoms with van der Waals surface area (Å²) in [5.41, 5.74) is 3.33. The predicted octanol–water partition coefficient (Wildman–Crippen LogP) is 7.09. The number of alkyl halides is 1. The minimum atomic E-state index is -0.849. The van der Waals surface area contributed by atoms with Gasteiger partial charge in [0.2, 0.25) is 0 Å². The summed E-state index contributed by atoms with van der Waals surface area (Å²) in [7, 11) is 0. The van der Waals surface area contributed by atoms with Gasteiger partial charge in [0.25, 0.3) is 0 Å². The van der Waals surface area contributed by atoms with Crippen molar-refractivity contribution in [3.63, 3.8) is 0 Å². The van der Waals surface area contributed by atoms with Crippen LogP contribution in [0.1, 0.15) is 82.8 Å². The van der Waals surface area contributed by atoms with Gasteiger partial charge in [-0.3, -0.25) is 4.79 Å². The van der Waals surface area contributed by atoms with E-state index in [0.29, 0.717) is 6.42 Å². The highest BCUT2D eigenvalue weighted by Crippen LogP contribution is 2.20. The summed E-state index contributed by atoms with van der Waals surface area (Å²) >= 11 is 6.20. The van der Waals surface area contributed by atoms with E-state index in [4.69, 9.17) is 16.7 Å². The van der Waals surface area contributed by atoms with Crippen LogP contribution in [-0.4, -0.2) is 26.4 Å². The Morgan fingerprint density at radius 3 is 2.06 bits per heavy atom. The van der Waals surface area contributed by atoms with Crippen molar-refractivity contribution in [1.82, 2.24) is 9.97 Å². The zero-order valence-corrected chi connectivity index (χ0v) is 19.8. The lowest BCUT2D eigenvalue weighted by molar-refractivity contribution is -0.141. The van der Waals surface area contributed by atoms with Crippen LogP contribution in [0.3, 0.4) is 0 Å². The number of halogens is 1. The van der Waals surface area contributed by atoms with Crippen molar-refractivity contribution in [2.75, 3.05) is 0 Å². The van der Waals surface area contributed by atoms with Crippen LogP contribution < -0.4 is 0 Å². The molecule has 2 atom stereocenters. The topological polar surface area (TPSA) is 63.1 Å². The molecule has 0 radical (unpaired) electrons. The molecule has 0 aliphatic rings. The van der Waals surface area contributed by atoms with Gasteiger partial charge in [-0.1, -0.05) is 83.1 Å². The molecule has 0 spiro atoms. The Balaban J connectivity index is 1.74. The lowest BCUT2D eigenvalue weighted by Crippen LogP contribution is -2.21. The Hall–Kier alpha value is -1.94. The van der Waals surface area contributed by atoms with Crippen LogP contribution in [0, 0.1) is 5.92 Å². The number of aromatic nitrogens is 2. The normalized spacial score (nSPS) is 13.1. The molecule has 1 heterocycles. The van der Waals surface area contributed by atoms with Crippen molar-refractivity contribution < 1.29 is 9.90 Å². The van der Waals surface area contributed by atoms with Gasteiger partial charge in [-0.2, -0.15) is 0 Å². The molecular weight excluding hydrogens is 408 g/mol. The molecule has 0 fully saturated rings. The number of carboxylic acid groups (broad SMARTS) is 1. The van der Waals surface area contributed by atoms with Crippen LogP contribution in [0.4, 0.5) is 0 Å². The van der Waals surface area contributed by atoms with Crippen LogP contribution in [0.15, 0.2) is 36.7 Å². The number of benzene rings is 1. The third-order valence-electron chi connectivity index (χ3n) is 5.88. The summed E-state index contributed by atoms with van der Waals surface area (Å²) in [5.74, 6) is -0.655. The minimum Gasteiger partial charge on any atom is -0.481 e. The summed E-state index contributed by atoms with van der Waals surface area (Å²) in [5, 5.41) is 8.67. The van der Waals surface area contributed by atoms with E-state index in [1.165, 1.54) is 56.9 Å². The van der Waals surface area contributed by atoms with Crippen molar-refractivity contribution >= 4 is 17.6 Å². The largest absolute Gasteiger partial charge is 0.481 e. The maximum Gasteiger partial charge on any atom is 0.307 e.